The standard InChI is InChI=1S/C11H8N2.3C10H7N3.16C2H6/c1-2-9-6-8-3-5-12-7-10(8)11(9)13-4-1;1-3-11-6-9-7(1)5-8-2-4-12-13-10(8)9;1-2-7-8-3-5-12-13-10(8)6-9(7)11-4-1;1-2-7-6-8-3-5-12-13-10(8)9(7)11-4-1;16*1-2/h1-5,7H,6H2;1-4,6H,5H2;2*1-5H,6H2;16*1-2H3. The van der Waals surface area contributed by atoms with E-state index in [-0.39, 0.29) is 0 Å². The van der Waals surface area contributed by atoms with E-state index in [0.717, 1.165) is 65.4 Å². The molecule has 0 aliphatic heterocycles. The van der Waals surface area contributed by atoms with Crippen LogP contribution in [0.25, 0.3) is 45.0 Å². The van der Waals surface area contributed by atoms with Gasteiger partial charge in [-0.05, 0) is 81.9 Å². The highest BCUT2D eigenvalue weighted by molar-refractivity contribution is 5.74. The van der Waals surface area contributed by atoms with Gasteiger partial charge in [0.25, 0.3) is 0 Å². The highest BCUT2D eigenvalue weighted by Crippen LogP contribution is 2.35. The van der Waals surface area contributed by atoms with Gasteiger partial charge in [0.1, 0.15) is 5.69 Å². The van der Waals surface area contributed by atoms with Crippen molar-refractivity contribution in [2.45, 2.75) is 247 Å². The van der Waals surface area contributed by atoms with Gasteiger partial charge in [0, 0.05) is 104 Å². The van der Waals surface area contributed by atoms with Crippen molar-refractivity contribution >= 4 is 0 Å². The molecule has 4 aliphatic rings. The Morgan fingerprint density at radius 1 is 0.226 bits per heavy atom. The maximum atomic E-state index is 4.36. The maximum absolute atomic E-state index is 4.36. The Kier molecular flexibility index (Phi) is 80.2. The Morgan fingerprint density at radius 2 is 0.548 bits per heavy atom. The fourth-order valence-electron chi connectivity index (χ4n) is 6.96. The van der Waals surface area contributed by atoms with Crippen molar-refractivity contribution in [2.24, 2.45) is 0 Å². The van der Waals surface area contributed by atoms with Gasteiger partial charge in [-0.25, -0.2) is 0 Å². The molecule has 8 heterocycles. The first-order valence-electron chi connectivity index (χ1n) is 32.9. The molecule has 4 aliphatic carbocycles. The first kappa shape index (κ1) is 93.4. The quantitative estimate of drug-likeness (QED) is 0.143. The van der Waals surface area contributed by atoms with Crippen LogP contribution in [0, 0.1) is 0 Å². The molecule has 0 saturated carbocycles. The second-order valence-corrected chi connectivity index (χ2v) is 12.5. The molecule has 0 bridgehead atoms. The molecule has 0 amide bonds. The van der Waals surface area contributed by atoms with Crippen LogP contribution in [0.4, 0.5) is 0 Å². The first-order chi connectivity index (χ1) is 41.8. The zero-order valence-corrected chi connectivity index (χ0v) is 59.9. The van der Waals surface area contributed by atoms with Crippen molar-refractivity contribution < 1.29 is 0 Å². The Labute approximate surface area is 518 Å². The highest BCUT2D eigenvalue weighted by Gasteiger charge is 2.22. The molecule has 472 valence electrons. The van der Waals surface area contributed by atoms with Gasteiger partial charge in [-0.1, -0.05) is 240 Å². The second-order valence-electron chi connectivity index (χ2n) is 12.5. The molecule has 0 aromatic carbocycles. The number of hydrogen-bond donors (Lipinski definition) is 0. The lowest BCUT2D eigenvalue weighted by atomic mass is 10.1. The smallest absolute Gasteiger partial charge is 0.115 e. The summed E-state index contributed by atoms with van der Waals surface area (Å²) in [7, 11) is 0. The third-order valence-corrected chi connectivity index (χ3v) is 9.40. The van der Waals surface area contributed by atoms with Crippen molar-refractivity contribution in [3.63, 3.8) is 0 Å². The van der Waals surface area contributed by atoms with E-state index < -0.39 is 0 Å². The van der Waals surface area contributed by atoms with Crippen molar-refractivity contribution in [3.05, 3.63) is 173 Å². The van der Waals surface area contributed by atoms with Gasteiger partial charge in [0.2, 0.25) is 0 Å². The van der Waals surface area contributed by atoms with Crippen molar-refractivity contribution in [2.75, 3.05) is 0 Å². The Bertz CT molecular complexity index is 2050. The zero-order chi connectivity index (χ0) is 66.7. The second kappa shape index (κ2) is 72.1. The van der Waals surface area contributed by atoms with Crippen LogP contribution in [-0.2, 0) is 25.7 Å². The molecule has 11 heteroatoms. The Morgan fingerprint density at radius 3 is 1.02 bits per heavy atom. The van der Waals surface area contributed by atoms with E-state index in [4.69, 9.17) is 0 Å². The van der Waals surface area contributed by atoms with Gasteiger partial charge in [-0.3, -0.25) is 24.9 Å². The summed E-state index contributed by atoms with van der Waals surface area (Å²) in [6, 6.07) is 22.3. The fraction of sp³-hybridized carbons (Fsp3) is 0.493. The minimum absolute atomic E-state index is 0.819. The summed E-state index contributed by atoms with van der Waals surface area (Å²) >= 11 is 0. The summed E-state index contributed by atoms with van der Waals surface area (Å²) in [5.41, 5.74) is 18.5. The lowest BCUT2D eigenvalue weighted by Gasteiger charge is -1.96. The Balaban J connectivity index is -0.000000132. The van der Waals surface area contributed by atoms with Gasteiger partial charge in [0.05, 0.1) is 34.7 Å². The van der Waals surface area contributed by atoms with Gasteiger partial charge in [0.15, 0.2) is 0 Å². The third-order valence-electron chi connectivity index (χ3n) is 9.40. The van der Waals surface area contributed by atoms with Crippen LogP contribution in [0.3, 0.4) is 0 Å². The summed E-state index contributed by atoms with van der Waals surface area (Å²) in [4.78, 5) is 21.2. The lowest BCUT2D eigenvalue weighted by Crippen LogP contribution is -1.88. The lowest BCUT2D eigenvalue weighted by molar-refractivity contribution is 0.947. The number of nitrogens with zero attached hydrogens (tertiary/aromatic N) is 11. The molecule has 0 atom stereocenters. The Hall–Kier alpha value is -7.01. The van der Waals surface area contributed by atoms with Crippen LogP contribution in [-0.4, -0.2) is 55.5 Å². The third kappa shape index (κ3) is 32.2. The van der Waals surface area contributed by atoms with Crippen LogP contribution < -0.4 is 0 Å². The molecule has 0 radical (unpaired) electrons. The SMILES string of the molecule is CC.CC.CC.CC.CC.CC.CC.CC.CC.CC.CC.CC.CC.CC.CC.CC.c1cc2c(cn1)-c1nnccc1C2.c1cnc2c(c1)-c1ccnnc1C2.c1cnc2c(c1)Cc1ccncc1-2.c1cnc2c(c1)Cc1ccnnc1-2. The fourth-order valence-corrected chi connectivity index (χ4v) is 6.96. The minimum atomic E-state index is 0.819. The predicted molar refractivity (Wildman–Crippen MR) is 376 cm³/mol. The maximum Gasteiger partial charge on any atom is 0.115 e. The van der Waals surface area contributed by atoms with E-state index in [9.17, 15) is 0 Å². The van der Waals surface area contributed by atoms with Gasteiger partial charge >= 0.3 is 0 Å². The highest BCUT2D eigenvalue weighted by atomic mass is 15.1. The monoisotopic (exact) mass is 1160 g/mol. The zero-order valence-electron chi connectivity index (χ0n) is 59.9. The number of aromatic nitrogens is 11. The summed E-state index contributed by atoms with van der Waals surface area (Å²) in [5, 5.41) is 23.9. The van der Waals surface area contributed by atoms with E-state index >= 15 is 0 Å². The number of hydrogen-bond acceptors (Lipinski definition) is 11. The van der Waals surface area contributed by atoms with Crippen LogP contribution in [0.2, 0.25) is 0 Å². The molecule has 0 unspecified atom stereocenters. The molecule has 0 saturated heterocycles. The average Bonchev–Trinajstić information content (AvgIpc) is 4.62. The van der Waals surface area contributed by atoms with E-state index in [1.54, 1.807) is 24.8 Å². The molecule has 8 aromatic rings. The molecule has 11 nitrogen and oxygen atoms in total. The summed E-state index contributed by atoms with van der Waals surface area (Å²) in [6.45, 7) is 64.0. The number of rotatable bonds is 0. The molecular formula is C73H125N11. The first-order valence-corrected chi connectivity index (χ1v) is 32.9. The van der Waals surface area contributed by atoms with Gasteiger partial charge < -0.3 is 0 Å². The molecule has 0 fully saturated rings. The minimum Gasteiger partial charge on any atom is -0.264 e. The topological polar surface area (TPSA) is 142 Å². The van der Waals surface area contributed by atoms with Crippen LogP contribution in [0.1, 0.15) is 266 Å². The van der Waals surface area contributed by atoms with Crippen molar-refractivity contribution in [3.8, 4) is 45.0 Å². The molecule has 0 N–H and O–H groups in total. The van der Waals surface area contributed by atoms with Gasteiger partial charge in [-0.15, -0.1) is 5.10 Å². The largest absolute Gasteiger partial charge is 0.264 e. The molecular weight excluding hydrogens is 1030 g/mol. The van der Waals surface area contributed by atoms with Crippen LogP contribution in [0.5, 0.6) is 0 Å². The van der Waals surface area contributed by atoms with Crippen LogP contribution in [0.15, 0.2) is 129 Å². The van der Waals surface area contributed by atoms with E-state index in [0.29, 0.717) is 0 Å². The average molecular weight is 1160 g/mol. The normalized spacial score (nSPS) is 8.76. The van der Waals surface area contributed by atoms with E-state index in [2.05, 4.69) is 79.8 Å². The van der Waals surface area contributed by atoms with Crippen molar-refractivity contribution in [1.82, 2.24) is 55.5 Å². The van der Waals surface area contributed by atoms with Crippen LogP contribution >= 0.6 is 0 Å². The molecule has 84 heavy (non-hydrogen) atoms. The molecule has 12 rings (SSSR count). The number of fused-ring (bicyclic) bond motifs is 12. The molecule has 8 aromatic heterocycles. The summed E-state index contributed by atoms with van der Waals surface area (Å²) < 4.78 is 0. The summed E-state index contributed by atoms with van der Waals surface area (Å²) in [5.74, 6) is 0. The van der Waals surface area contributed by atoms with Crippen molar-refractivity contribution in [1.29, 1.82) is 0 Å². The van der Waals surface area contributed by atoms with E-state index in [1.807, 2.05) is 301 Å². The predicted octanol–water partition coefficient (Wildman–Crippen LogP) is 22.8. The number of pyridine rings is 5. The molecule has 0 spiro atoms. The van der Waals surface area contributed by atoms with Gasteiger partial charge in [-0.2, -0.15) is 25.5 Å². The summed E-state index contributed by atoms with van der Waals surface area (Å²) in [6.07, 6.45) is 21.8. The van der Waals surface area contributed by atoms with E-state index in [1.165, 1.54) is 50.1 Å².